The van der Waals surface area contributed by atoms with Gasteiger partial charge in [0.25, 0.3) is 0 Å². The van der Waals surface area contributed by atoms with Crippen LogP contribution < -0.4 is 5.32 Å². The molecule has 1 aliphatic rings. The summed E-state index contributed by atoms with van der Waals surface area (Å²) < 4.78 is 0. The number of likely N-dealkylation sites (tertiary alicyclic amines) is 1. The number of rotatable bonds is 5. The molecule has 0 saturated carbocycles. The quantitative estimate of drug-likeness (QED) is 0.882. The molecular weight excluding hydrogens is 244 g/mol. The summed E-state index contributed by atoms with van der Waals surface area (Å²) in [6, 6.07) is 10.1. The summed E-state index contributed by atoms with van der Waals surface area (Å²) in [5.41, 5.74) is 2.83. The molecule has 1 N–H and O–H groups in total. The molecule has 2 unspecified atom stereocenters. The van der Waals surface area contributed by atoms with E-state index in [1.165, 1.54) is 37.1 Å². The van der Waals surface area contributed by atoms with Gasteiger partial charge in [-0.2, -0.15) is 0 Å². The van der Waals surface area contributed by atoms with Gasteiger partial charge in [0.15, 0.2) is 0 Å². The average Bonchev–Trinajstić information content (AvgIpc) is 2.49. The molecule has 0 aliphatic carbocycles. The fourth-order valence-electron chi connectivity index (χ4n) is 3.29. The van der Waals surface area contributed by atoms with Crippen molar-refractivity contribution in [3.63, 3.8) is 0 Å². The van der Waals surface area contributed by atoms with Gasteiger partial charge in [-0.1, -0.05) is 38.1 Å². The minimum absolute atomic E-state index is 0.425. The van der Waals surface area contributed by atoms with Crippen molar-refractivity contribution in [2.75, 3.05) is 20.1 Å². The lowest BCUT2D eigenvalue weighted by atomic mass is 9.93. The second kappa shape index (κ2) is 7.24. The van der Waals surface area contributed by atoms with Gasteiger partial charge in [-0.25, -0.2) is 0 Å². The van der Waals surface area contributed by atoms with Crippen molar-refractivity contribution < 1.29 is 0 Å². The summed E-state index contributed by atoms with van der Waals surface area (Å²) in [6.45, 7) is 9.44. The zero-order chi connectivity index (χ0) is 14.5. The lowest BCUT2D eigenvalue weighted by molar-refractivity contribution is 0.122. The Labute approximate surface area is 124 Å². The molecule has 1 aromatic rings. The maximum atomic E-state index is 3.52. The molecular formula is C18H30N2. The molecule has 20 heavy (non-hydrogen) atoms. The first kappa shape index (κ1) is 15.5. The van der Waals surface area contributed by atoms with E-state index >= 15 is 0 Å². The van der Waals surface area contributed by atoms with Gasteiger partial charge in [0.05, 0.1) is 0 Å². The second-order valence-electron chi connectivity index (χ2n) is 6.32. The van der Waals surface area contributed by atoms with Crippen molar-refractivity contribution >= 4 is 0 Å². The molecule has 2 rings (SSSR count). The number of nitrogens with one attached hydrogen (secondary N) is 1. The lowest BCUT2D eigenvalue weighted by Crippen LogP contribution is -2.45. The van der Waals surface area contributed by atoms with Crippen LogP contribution in [0.2, 0.25) is 0 Å². The van der Waals surface area contributed by atoms with E-state index < -0.39 is 0 Å². The molecule has 1 heterocycles. The number of aryl methyl sites for hydroxylation is 1. The van der Waals surface area contributed by atoms with Gasteiger partial charge in [0, 0.05) is 12.1 Å². The van der Waals surface area contributed by atoms with Gasteiger partial charge in [-0.05, 0) is 63.4 Å². The molecule has 1 aromatic carbocycles. The monoisotopic (exact) mass is 274 g/mol. The molecule has 1 saturated heterocycles. The maximum Gasteiger partial charge on any atom is 0.0473 e. The van der Waals surface area contributed by atoms with Gasteiger partial charge >= 0.3 is 0 Å². The van der Waals surface area contributed by atoms with Crippen LogP contribution in [-0.4, -0.2) is 31.1 Å². The van der Waals surface area contributed by atoms with E-state index in [0.29, 0.717) is 12.1 Å². The number of likely N-dealkylation sites (N-methyl/N-ethyl adjacent to an activating group) is 1. The molecule has 1 aliphatic heterocycles. The highest BCUT2D eigenvalue weighted by molar-refractivity contribution is 5.26. The van der Waals surface area contributed by atoms with Crippen molar-refractivity contribution in [2.45, 2.75) is 52.1 Å². The molecule has 0 spiro atoms. The summed E-state index contributed by atoms with van der Waals surface area (Å²) >= 11 is 0. The van der Waals surface area contributed by atoms with E-state index in [4.69, 9.17) is 0 Å². The maximum absolute atomic E-state index is 3.52. The lowest BCUT2D eigenvalue weighted by Gasteiger charge is -2.39. The number of nitrogens with zero attached hydrogens (tertiary/aromatic N) is 1. The van der Waals surface area contributed by atoms with Crippen LogP contribution in [-0.2, 0) is 6.42 Å². The molecule has 2 atom stereocenters. The standard InChI is InChI=1S/C18H30N2/c1-5-16-6-8-17(9-7-16)18(19-4)15(3)20-12-10-14(2)11-13-20/h6-9,14-15,18-19H,5,10-13H2,1-4H3. The summed E-state index contributed by atoms with van der Waals surface area (Å²) in [4.78, 5) is 2.65. The Bertz CT molecular complexity index is 390. The highest BCUT2D eigenvalue weighted by Gasteiger charge is 2.26. The molecule has 2 heteroatoms. The van der Waals surface area contributed by atoms with Gasteiger partial charge in [-0.15, -0.1) is 0 Å². The molecule has 0 radical (unpaired) electrons. The fourth-order valence-corrected chi connectivity index (χ4v) is 3.29. The van der Waals surface area contributed by atoms with Crippen molar-refractivity contribution in [3.05, 3.63) is 35.4 Å². The van der Waals surface area contributed by atoms with Crippen molar-refractivity contribution in [1.29, 1.82) is 0 Å². The van der Waals surface area contributed by atoms with Crippen LogP contribution in [0.25, 0.3) is 0 Å². The SMILES string of the molecule is CCc1ccc(C(NC)C(C)N2CCC(C)CC2)cc1. The van der Waals surface area contributed by atoms with Crippen LogP contribution in [0.1, 0.15) is 50.8 Å². The van der Waals surface area contributed by atoms with Gasteiger partial charge in [0.1, 0.15) is 0 Å². The third-order valence-electron chi connectivity index (χ3n) is 4.93. The van der Waals surface area contributed by atoms with Crippen LogP contribution in [0.3, 0.4) is 0 Å². The van der Waals surface area contributed by atoms with Crippen molar-refractivity contribution in [1.82, 2.24) is 10.2 Å². The Morgan fingerprint density at radius 1 is 1.20 bits per heavy atom. The van der Waals surface area contributed by atoms with Gasteiger partial charge < -0.3 is 5.32 Å². The zero-order valence-corrected chi connectivity index (χ0v) is 13.5. The van der Waals surface area contributed by atoms with E-state index in [-0.39, 0.29) is 0 Å². The van der Waals surface area contributed by atoms with Crippen LogP contribution >= 0.6 is 0 Å². The van der Waals surface area contributed by atoms with Crippen LogP contribution in [0.15, 0.2) is 24.3 Å². The minimum Gasteiger partial charge on any atom is -0.312 e. The second-order valence-corrected chi connectivity index (χ2v) is 6.32. The van der Waals surface area contributed by atoms with Gasteiger partial charge in [-0.3, -0.25) is 4.90 Å². The Morgan fingerprint density at radius 2 is 1.80 bits per heavy atom. The van der Waals surface area contributed by atoms with Crippen LogP contribution in [0.4, 0.5) is 0 Å². The summed E-state index contributed by atoms with van der Waals surface area (Å²) in [5, 5.41) is 3.52. The molecule has 1 fully saturated rings. The molecule has 0 aromatic heterocycles. The summed E-state index contributed by atoms with van der Waals surface area (Å²) in [6.07, 6.45) is 3.80. The van der Waals surface area contributed by atoms with Crippen LogP contribution in [0.5, 0.6) is 0 Å². The Hall–Kier alpha value is -0.860. The van der Waals surface area contributed by atoms with Crippen LogP contribution in [0, 0.1) is 5.92 Å². The predicted molar refractivity (Wildman–Crippen MR) is 87.1 cm³/mol. The number of benzene rings is 1. The smallest absolute Gasteiger partial charge is 0.0473 e. The average molecular weight is 274 g/mol. The Balaban J connectivity index is 2.06. The number of hydrogen-bond donors (Lipinski definition) is 1. The Morgan fingerprint density at radius 3 is 2.30 bits per heavy atom. The van der Waals surface area contributed by atoms with Gasteiger partial charge in [0.2, 0.25) is 0 Å². The predicted octanol–water partition coefficient (Wildman–Crippen LogP) is 3.63. The number of hydrogen-bond acceptors (Lipinski definition) is 2. The van der Waals surface area contributed by atoms with Crippen molar-refractivity contribution in [3.8, 4) is 0 Å². The highest BCUT2D eigenvalue weighted by atomic mass is 15.2. The minimum atomic E-state index is 0.425. The zero-order valence-electron chi connectivity index (χ0n) is 13.5. The molecule has 0 amide bonds. The normalized spacial score (nSPS) is 20.8. The summed E-state index contributed by atoms with van der Waals surface area (Å²) in [7, 11) is 2.08. The van der Waals surface area contributed by atoms with E-state index in [0.717, 1.165) is 12.3 Å². The first-order valence-electron chi connectivity index (χ1n) is 8.15. The Kier molecular flexibility index (Phi) is 5.62. The first-order chi connectivity index (χ1) is 9.65. The van der Waals surface area contributed by atoms with Crippen molar-refractivity contribution in [2.24, 2.45) is 5.92 Å². The molecule has 0 bridgehead atoms. The largest absolute Gasteiger partial charge is 0.312 e. The topological polar surface area (TPSA) is 15.3 Å². The number of piperidine rings is 1. The van der Waals surface area contributed by atoms with E-state index in [1.54, 1.807) is 0 Å². The summed E-state index contributed by atoms with van der Waals surface area (Å²) in [5.74, 6) is 0.898. The molecule has 112 valence electrons. The molecule has 2 nitrogen and oxygen atoms in total. The van der Waals surface area contributed by atoms with E-state index in [9.17, 15) is 0 Å². The van der Waals surface area contributed by atoms with E-state index in [2.05, 4.69) is 62.3 Å². The third kappa shape index (κ3) is 3.62. The third-order valence-corrected chi connectivity index (χ3v) is 4.93. The highest BCUT2D eigenvalue weighted by Crippen LogP contribution is 2.25. The fraction of sp³-hybridized carbons (Fsp3) is 0.667. The first-order valence-corrected chi connectivity index (χ1v) is 8.15. The van der Waals surface area contributed by atoms with E-state index in [1.807, 2.05) is 0 Å².